The van der Waals surface area contributed by atoms with E-state index in [0.717, 1.165) is 5.92 Å². The molecule has 0 rings (SSSR count). The molecular formula is C8H19AlO. The second-order valence-electron chi connectivity index (χ2n) is 2.89. The molecule has 0 atom stereocenters. The summed E-state index contributed by atoms with van der Waals surface area (Å²) in [6.45, 7) is 6.83. The maximum absolute atomic E-state index is 8.28. The standard InChI is InChI=1S/C8H18.Al.O.H/c1-4-5-6-7-8(2)3;;;/h8H,4-7H2,1-3H3;;;. The molecule has 0 radical (unpaired) electrons. The maximum atomic E-state index is 8.28. The van der Waals surface area contributed by atoms with E-state index in [1.807, 2.05) is 0 Å². The summed E-state index contributed by atoms with van der Waals surface area (Å²) in [5.41, 5.74) is 0. The van der Waals surface area contributed by atoms with Gasteiger partial charge in [-0.25, -0.2) is 0 Å². The molecule has 0 fully saturated rings. The summed E-state index contributed by atoms with van der Waals surface area (Å²) < 4.78 is 8.28. The first-order valence-electron chi connectivity index (χ1n) is 4.06. The molecule has 0 amide bonds. The van der Waals surface area contributed by atoms with E-state index in [9.17, 15) is 0 Å². The Labute approximate surface area is 72.8 Å². The SMILES string of the molecule is CCCCCC(C)C.[O]=[AlH]. The zero-order valence-corrected chi connectivity index (χ0v) is 8.94. The first kappa shape index (κ1) is 13.0. The van der Waals surface area contributed by atoms with Gasteiger partial charge in [0.15, 0.2) is 0 Å². The van der Waals surface area contributed by atoms with E-state index in [0.29, 0.717) is 16.2 Å². The van der Waals surface area contributed by atoms with Crippen molar-refractivity contribution in [3.8, 4) is 0 Å². The number of hydrogen-bond acceptors (Lipinski definition) is 1. The number of unbranched alkanes of at least 4 members (excludes halogenated alkanes) is 2. The third-order valence-electron chi connectivity index (χ3n) is 1.39. The normalized spacial score (nSPS) is 8.70. The van der Waals surface area contributed by atoms with Crippen LogP contribution in [0.25, 0.3) is 0 Å². The van der Waals surface area contributed by atoms with Gasteiger partial charge < -0.3 is 0 Å². The van der Waals surface area contributed by atoms with Crippen molar-refractivity contribution in [3.63, 3.8) is 0 Å². The van der Waals surface area contributed by atoms with Crippen LogP contribution in [-0.4, -0.2) is 16.2 Å². The molecule has 0 bridgehead atoms. The molecule has 1 nitrogen and oxygen atoms in total. The summed E-state index contributed by atoms with van der Waals surface area (Å²) in [5, 5.41) is 0. The quantitative estimate of drug-likeness (QED) is 0.453. The Morgan fingerprint density at radius 1 is 1.20 bits per heavy atom. The fourth-order valence-corrected chi connectivity index (χ4v) is 0.803. The zero-order valence-electron chi connectivity index (χ0n) is 7.52. The van der Waals surface area contributed by atoms with Crippen LogP contribution < -0.4 is 0 Å². The molecule has 10 heavy (non-hydrogen) atoms. The van der Waals surface area contributed by atoms with E-state index in [1.54, 1.807) is 0 Å². The molecule has 0 aliphatic heterocycles. The summed E-state index contributed by atoms with van der Waals surface area (Å²) in [6, 6.07) is 0. The van der Waals surface area contributed by atoms with Gasteiger partial charge in [-0.3, -0.25) is 0 Å². The fourth-order valence-electron chi connectivity index (χ4n) is 0.803. The number of hydrogen-bond donors (Lipinski definition) is 0. The first-order chi connectivity index (χ1) is 4.77. The van der Waals surface area contributed by atoms with Gasteiger partial charge in [-0.1, -0.05) is 46.5 Å². The van der Waals surface area contributed by atoms with Crippen LogP contribution in [0.2, 0.25) is 0 Å². The zero-order chi connectivity index (χ0) is 8.41. The van der Waals surface area contributed by atoms with Crippen LogP contribution in [0, 0.1) is 5.92 Å². The van der Waals surface area contributed by atoms with Crippen molar-refractivity contribution in [2.75, 3.05) is 0 Å². The Hall–Kier alpha value is 0.332. The van der Waals surface area contributed by atoms with Crippen LogP contribution in [-0.2, 0) is 3.80 Å². The third kappa shape index (κ3) is 15.8. The molecule has 0 unspecified atom stereocenters. The van der Waals surface area contributed by atoms with Crippen LogP contribution in [0.1, 0.15) is 46.5 Å². The molecule has 0 aromatic rings. The predicted molar refractivity (Wildman–Crippen MR) is 46.8 cm³/mol. The van der Waals surface area contributed by atoms with E-state index in [1.165, 1.54) is 25.7 Å². The Bertz CT molecular complexity index is 55.2. The van der Waals surface area contributed by atoms with Crippen LogP contribution in [0.3, 0.4) is 0 Å². The topological polar surface area (TPSA) is 17.1 Å². The molecule has 0 aromatic carbocycles. The molecule has 0 aromatic heterocycles. The molecule has 0 spiro atoms. The second kappa shape index (κ2) is 12.1. The van der Waals surface area contributed by atoms with Crippen molar-refractivity contribution in [1.29, 1.82) is 0 Å². The average molecular weight is 158 g/mol. The van der Waals surface area contributed by atoms with Crippen LogP contribution in [0.15, 0.2) is 0 Å². The Kier molecular flexibility index (Phi) is 15.6. The second-order valence-corrected chi connectivity index (χ2v) is 2.89. The summed E-state index contributed by atoms with van der Waals surface area (Å²) in [7, 11) is 0. The van der Waals surface area contributed by atoms with Gasteiger partial charge in [-0.05, 0) is 5.92 Å². The molecule has 0 N–H and O–H groups in total. The predicted octanol–water partition coefficient (Wildman–Crippen LogP) is 2.46. The van der Waals surface area contributed by atoms with Crippen LogP contribution >= 0.6 is 0 Å². The molecule has 0 heterocycles. The van der Waals surface area contributed by atoms with E-state index in [-0.39, 0.29) is 0 Å². The van der Waals surface area contributed by atoms with Crippen molar-refractivity contribution in [2.24, 2.45) is 5.92 Å². The van der Waals surface area contributed by atoms with Crippen molar-refractivity contribution >= 4 is 16.2 Å². The van der Waals surface area contributed by atoms with Gasteiger partial charge >= 0.3 is 20.0 Å². The summed E-state index contributed by atoms with van der Waals surface area (Å²) in [5.74, 6) is 0.904. The van der Waals surface area contributed by atoms with Crippen molar-refractivity contribution in [1.82, 2.24) is 0 Å². The van der Waals surface area contributed by atoms with Gasteiger partial charge in [-0.15, -0.1) is 0 Å². The molecule has 0 saturated carbocycles. The van der Waals surface area contributed by atoms with Crippen LogP contribution in [0.5, 0.6) is 0 Å². The number of rotatable bonds is 4. The Balaban J connectivity index is 0. The van der Waals surface area contributed by atoms with Crippen molar-refractivity contribution in [2.45, 2.75) is 46.5 Å². The molecule has 60 valence electrons. The Morgan fingerprint density at radius 2 is 1.70 bits per heavy atom. The van der Waals surface area contributed by atoms with Gasteiger partial charge in [0.25, 0.3) is 0 Å². The average Bonchev–Trinajstić information content (AvgIpc) is 1.92. The summed E-state index contributed by atoms with van der Waals surface area (Å²) in [6.07, 6.45) is 5.60. The molecule has 0 aliphatic carbocycles. The molecule has 0 aliphatic rings. The van der Waals surface area contributed by atoms with Gasteiger partial charge in [0.1, 0.15) is 0 Å². The minimum atomic E-state index is 0.611. The van der Waals surface area contributed by atoms with E-state index in [4.69, 9.17) is 3.80 Å². The third-order valence-corrected chi connectivity index (χ3v) is 1.39. The monoisotopic (exact) mass is 158 g/mol. The summed E-state index contributed by atoms with van der Waals surface area (Å²) >= 11 is 0.611. The van der Waals surface area contributed by atoms with E-state index in [2.05, 4.69) is 20.8 Å². The summed E-state index contributed by atoms with van der Waals surface area (Å²) in [4.78, 5) is 0. The van der Waals surface area contributed by atoms with Gasteiger partial charge in [0.2, 0.25) is 0 Å². The molecular weight excluding hydrogens is 139 g/mol. The van der Waals surface area contributed by atoms with Crippen LogP contribution in [0.4, 0.5) is 0 Å². The first-order valence-corrected chi connectivity index (χ1v) is 4.64. The van der Waals surface area contributed by atoms with Crippen molar-refractivity contribution in [3.05, 3.63) is 0 Å². The molecule has 2 heteroatoms. The van der Waals surface area contributed by atoms with E-state index < -0.39 is 0 Å². The fraction of sp³-hybridized carbons (Fsp3) is 1.00. The van der Waals surface area contributed by atoms with E-state index >= 15 is 0 Å². The Morgan fingerprint density at radius 3 is 2.00 bits per heavy atom. The molecule has 0 saturated heterocycles. The van der Waals surface area contributed by atoms with Gasteiger partial charge in [-0.2, -0.15) is 0 Å². The minimum absolute atomic E-state index is 0.611. The van der Waals surface area contributed by atoms with Gasteiger partial charge in [0, 0.05) is 0 Å². The van der Waals surface area contributed by atoms with Crippen molar-refractivity contribution < 1.29 is 3.80 Å². The van der Waals surface area contributed by atoms with Gasteiger partial charge in [0.05, 0.1) is 0 Å².